The highest BCUT2D eigenvalue weighted by atomic mass is 16.5. The Labute approximate surface area is 162 Å². The Kier molecular flexibility index (Phi) is 7.26. The highest BCUT2D eigenvalue weighted by Crippen LogP contribution is 2.28. The highest BCUT2D eigenvalue weighted by molar-refractivity contribution is 5.87. The van der Waals surface area contributed by atoms with Crippen LogP contribution in [0, 0.1) is 6.92 Å². The molecule has 27 heavy (non-hydrogen) atoms. The molecule has 3 aromatic carbocycles. The summed E-state index contributed by atoms with van der Waals surface area (Å²) in [5.41, 5.74) is 3.67. The molecule has 3 nitrogen and oxygen atoms in total. The molecule has 3 heteroatoms. The van der Waals surface area contributed by atoms with Crippen LogP contribution in [0.15, 0.2) is 60.7 Å². The van der Waals surface area contributed by atoms with Crippen molar-refractivity contribution in [2.24, 2.45) is 0 Å². The van der Waals surface area contributed by atoms with Gasteiger partial charge < -0.3 is 14.8 Å². The van der Waals surface area contributed by atoms with Crippen molar-refractivity contribution >= 4 is 10.8 Å². The summed E-state index contributed by atoms with van der Waals surface area (Å²) >= 11 is 0. The lowest BCUT2D eigenvalue weighted by atomic mass is 10.0. The average Bonchev–Trinajstić information content (AvgIpc) is 2.69. The van der Waals surface area contributed by atoms with E-state index in [0.29, 0.717) is 6.61 Å². The number of hydrogen-bond acceptors (Lipinski definition) is 3. The maximum Gasteiger partial charge on any atom is 0.124 e. The van der Waals surface area contributed by atoms with Crippen LogP contribution < -0.4 is 10.1 Å². The minimum absolute atomic E-state index is 0.581. The van der Waals surface area contributed by atoms with Crippen molar-refractivity contribution in [3.8, 4) is 5.75 Å². The Morgan fingerprint density at radius 1 is 0.963 bits per heavy atom. The molecular formula is C24H29NO2. The largest absolute Gasteiger partial charge is 0.489 e. The van der Waals surface area contributed by atoms with Gasteiger partial charge in [-0.05, 0) is 49.2 Å². The van der Waals surface area contributed by atoms with Gasteiger partial charge in [0.05, 0.1) is 0 Å². The molecule has 0 saturated heterocycles. The first-order chi connectivity index (χ1) is 13.3. The molecule has 0 aromatic heterocycles. The Balaban J connectivity index is 1.73. The SMILES string of the molecule is CCOCCCNCc1c(OCc2cccc(C)c2)ccc2ccccc12. The maximum absolute atomic E-state index is 6.22. The van der Waals surface area contributed by atoms with Crippen LogP contribution in [0.4, 0.5) is 0 Å². The molecule has 0 fully saturated rings. The molecule has 0 heterocycles. The van der Waals surface area contributed by atoms with E-state index in [0.717, 1.165) is 38.5 Å². The third kappa shape index (κ3) is 5.56. The third-order valence-electron chi connectivity index (χ3n) is 4.62. The molecule has 0 spiro atoms. The lowest BCUT2D eigenvalue weighted by Gasteiger charge is -2.15. The highest BCUT2D eigenvalue weighted by Gasteiger charge is 2.09. The lowest BCUT2D eigenvalue weighted by molar-refractivity contribution is 0.144. The van der Waals surface area contributed by atoms with E-state index in [2.05, 4.69) is 72.9 Å². The second-order valence-corrected chi connectivity index (χ2v) is 6.77. The van der Waals surface area contributed by atoms with E-state index in [1.165, 1.54) is 27.5 Å². The minimum atomic E-state index is 0.581. The molecule has 0 aliphatic heterocycles. The van der Waals surface area contributed by atoms with Gasteiger partial charge in [-0.1, -0.05) is 60.2 Å². The van der Waals surface area contributed by atoms with Gasteiger partial charge in [0.1, 0.15) is 12.4 Å². The summed E-state index contributed by atoms with van der Waals surface area (Å²) in [5.74, 6) is 0.951. The summed E-state index contributed by atoms with van der Waals surface area (Å²) in [5, 5.41) is 6.03. The van der Waals surface area contributed by atoms with Crippen LogP contribution in [0.5, 0.6) is 5.75 Å². The zero-order valence-electron chi connectivity index (χ0n) is 16.3. The summed E-state index contributed by atoms with van der Waals surface area (Å²) in [7, 11) is 0. The maximum atomic E-state index is 6.22. The van der Waals surface area contributed by atoms with Gasteiger partial charge in [0, 0.05) is 25.3 Å². The number of nitrogens with one attached hydrogen (secondary N) is 1. The topological polar surface area (TPSA) is 30.5 Å². The number of rotatable bonds is 10. The molecule has 0 radical (unpaired) electrons. The van der Waals surface area contributed by atoms with Crippen LogP contribution in [0.25, 0.3) is 10.8 Å². The molecular weight excluding hydrogens is 334 g/mol. The van der Waals surface area contributed by atoms with E-state index < -0.39 is 0 Å². The molecule has 0 unspecified atom stereocenters. The number of aryl methyl sites for hydroxylation is 1. The van der Waals surface area contributed by atoms with Crippen molar-refractivity contribution in [2.75, 3.05) is 19.8 Å². The van der Waals surface area contributed by atoms with Gasteiger partial charge in [-0.3, -0.25) is 0 Å². The average molecular weight is 364 g/mol. The molecule has 0 aliphatic rings. The van der Waals surface area contributed by atoms with E-state index in [9.17, 15) is 0 Å². The van der Waals surface area contributed by atoms with Crippen LogP contribution in [0.1, 0.15) is 30.0 Å². The summed E-state index contributed by atoms with van der Waals surface area (Å²) in [6, 6.07) is 21.2. The van der Waals surface area contributed by atoms with Crippen molar-refractivity contribution in [2.45, 2.75) is 33.4 Å². The molecule has 0 atom stereocenters. The number of ether oxygens (including phenoxy) is 2. The first-order valence-corrected chi connectivity index (χ1v) is 9.75. The lowest BCUT2D eigenvalue weighted by Crippen LogP contribution is -2.17. The molecule has 3 aromatic rings. The monoisotopic (exact) mass is 363 g/mol. The number of hydrogen-bond donors (Lipinski definition) is 1. The Morgan fingerprint density at radius 3 is 2.70 bits per heavy atom. The predicted molar refractivity (Wildman–Crippen MR) is 112 cm³/mol. The van der Waals surface area contributed by atoms with Crippen LogP contribution in [0.2, 0.25) is 0 Å². The zero-order valence-corrected chi connectivity index (χ0v) is 16.3. The number of fused-ring (bicyclic) bond motifs is 1. The van der Waals surface area contributed by atoms with E-state index in [-0.39, 0.29) is 0 Å². The Bertz CT molecular complexity index is 860. The predicted octanol–water partition coefficient (Wildman–Crippen LogP) is 5.24. The second kappa shape index (κ2) is 10.1. The first kappa shape index (κ1) is 19.4. The smallest absolute Gasteiger partial charge is 0.124 e. The van der Waals surface area contributed by atoms with Crippen LogP contribution >= 0.6 is 0 Å². The van der Waals surface area contributed by atoms with Gasteiger partial charge in [-0.2, -0.15) is 0 Å². The fraction of sp³-hybridized carbons (Fsp3) is 0.333. The summed E-state index contributed by atoms with van der Waals surface area (Å²) < 4.78 is 11.6. The fourth-order valence-corrected chi connectivity index (χ4v) is 3.25. The van der Waals surface area contributed by atoms with Crippen molar-refractivity contribution in [1.82, 2.24) is 5.32 Å². The Hall–Kier alpha value is -2.36. The van der Waals surface area contributed by atoms with Crippen LogP contribution in [-0.2, 0) is 17.9 Å². The van der Waals surface area contributed by atoms with Crippen molar-refractivity contribution < 1.29 is 9.47 Å². The van der Waals surface area contributed by atoms with E-state index in [1.807, 2.05) is 6.92 Å². The fourth-order valence-electron chi connectivity index (χ4n) is 3.25. The van der Waals surface area contributed by atoms with Crippen molar-refractivity contribution in [3.63, 3.8) is 0 Å². The molecule has 0 aliphatic carbocycles. The third-order valence-corrected chi connectivity index (χ3v) is 4.62. The molecule has 142 valence electrons. The van der Waals surface area contributed by atoms with Gasteiger partial charge in [0.2, 0.25) is 0 Å². The van der Waals surface area contributed by atoms with Crippen LogP contribution in [0.3, 0.4) is 0 Å². The summed E-state index contributed by atoms with van der Waals surface area (Å²) in [6.45, 7) is 8.02. The van der Waals surface area contributed by atoms with Gasteiger partial charge in [-0.25, -0.2) is 0 Å². The van der Waals surface area contributed by atoms with Gasteiger partial charge in [0.15, 0.2) is 0 Å². The molecule has 3 rings (SSSR count). The van der Waals surface area contributed by atoms with E-state index >= 15 is 0 Å². The van der Waals surface area contributed by atoms with Gasteiger partial charge >= 0.3 is 0 Å². The zero-order chi connectivity index (χ0) is 18.9. The summed E-state index contributed by atoms with van der Waals surface area (Å²) in [4.78, 5) is 0. The van der Waals surface area contributed by atoms with E-state index in [1.54, 1.807) is 0 Å². The molecule has 0 amide bonds. The molecule has 0 saturated carbocycles. The van der Waals surface area contributed by atoms with Gasteiger partial charge in [-0.15, -0.1) is 0 Å². The summed E-state index contributed by atoms with van der Waals surface area (Å²) in [6.07, 6.45) is 1.01. The normalized spacial score (nSPS) is 11.0. The second-order valence-electron chi connectivity index (χ2n) is 6.77. The van der Waals surface area contributed by atoms with Crippen molar-refractivity contribution in [1.29, 1.82) is 0 Å². The van der Waals surface area contributed by atoms with Crippen molar-refractivity contribution in [3.05, 3.63) is 77.4 Å². The standard InChI is InChI=1S/C24H29NO2/c1-3-26-15-7-14-25-17-23-22-11-5-4-10-21(22)12-13-24(23)27-18-20-9-6-8-19(2)16-20/h4-6,8-13,16,25H,3,7,14-15,17-18H2,1-2H3. The van der Waals surface area contributed by atoms with Gasteiger partial charge in [0.25, 0.3) is 0 Å². The van der Waals surface area contributed by atoms with Crippen LogP contribution in [-0.4, -0.2) is 19.8 Å². The number of benzene rings is 3. The minimum Gasteiger partial charge on any atom is -0.489 e. The molecule has 0 bridgehead atoms. The van der Waals surface area contributed by atoms with E-state index in [4.69, 9.17) is 9.47 Å². The molecule has 1 N–H and O–H groups in total. The Morgan fingerprint density at radius 2 is 1.85 bits per heavy atom. The first-order valence-electron chi connectivity index (χ1n) is 9.75. The quantitative estimate of drug-likeness (QED) is 0.500.